The number of rotatable bonds is 8. The van der Waals surface area contributed by atoms with E-state index in [9.17, 15) is 4.79 Å². The second-order valence-corrected chi connectivity index (χ2v) is 8.91. The Labute approximate surface area is 199 Å². The Morgan fingerprint density at radius 1 is 1.15 bits per heavy atom. The smallest absolute Gasteiger partial charge is 0.305 e. The average Bonchev–Trinajstić information content (AvgIpc) is 2.83. The van der Waals surface area contributed by atoms with Gasteiger partial charge in [0.25, 0.3) is 0 Å². The van der Waals surface area contributed by atoms with Gasteiger partial charge in [-0.25, -0.2) is 9.97 Å². The molecule has 1 aliphatic heterocycles. The van der Waals surface area contributed by atoms with Gasteiger partial charge in [0.15, 0.2) is 5.82 Å². The van der Waals surface area contributed by atoms with Crippen LogP contribution in [0.15, 0.2) is 54.7 Å². The summed E-state index contributed by atoms with van der Waals surface area (Å²) >= 11 is 5.93. The first kappa shape index (κ1) is 23.2. The summed E-state index contributed by atoms with van der Waals surface area (Å²) in [4.78, 5) is 23.3. The fraction of sp³-hybridized carbons (Fsp3) is 0.346. The number of halogens is 1. The van der Waals surface area contributed by atoms with E-state index in [1.165, 1.54) is 7.11 Å². The summed E-state index contributed by atoms with van der Waals surface area (Å²) < 4.78 is 10.6. The van der Waals surface area contributed by atoms with Crippen molar-refractivity contribution in [3.05, 3.63) is 76.6 Å². The Bertz CT molecular complexity index is 1090. The van der Waals surface area contributed by atoms with Crippen LogP contribution in [-0.2, 0) is 29.1 Å². The number of hydrogen-bond acceptors (Lipinski definition) is 6. The zero-order valence-electron chi connectivity index (χ0n) is 19.0. The van der Waals surface area contributed by atoms with E-state index in [4.69, 9.17) is 26.1 Å². The molecule has 1 atom stereocenters. The van der Waals surface area contributed by atoms with Crippen LogP contribution in [0.3, 0.4) is 0 Å². The average molecular weight is 466 g/mol. The molecule has 33 heavy (non-hydrogen) atoms. The van der Waals surface area contributed by atoms with Gasteiger partial charge < -0.3 is 9.47 Å². The summed E-state index contributed by atoms with van der Waals surface area (Å²) in [6.45, 7) is 5.15. The number of ether oxygens (including phenoxy) is 2. The highest BCUT2D eigenvalue weighted by Crippen LogP contribution is 2.24. The Morgan fingerprint density at radius 3 is 2.64 bits per heavy atom. The van der Waals surface area contributed by atoms with E-state index in [1.54, 1.807) is 0 Å². The number of hydrogen-bond donors (Lipinski definition) is 0. The number of carbonyl (C=O) groups is 1. The molecule has 0 N–H and O–H groups in total. The van der Waals surface area contributed by atoms with Crippen LogP contribution in [0, 0.1) is 5.92 Å². The first-order valence-corrected chi connectivity index (χ1v) is 11.5. The zero-order valence-corrected chi connectivity index (χ0v) is 19.7. The van der Waals surface area contributed by atoms with E-state index in [0.29, 0.717) is 18.1 Å². The van der Waals surface area contributed by atoms with Gasteiger partial charge in [-0.1, -0.05) is 30.7 Å². The lowest BCUT2D eigenvalue weighted by molar-refractivity contribution is -0.141. The van der Waals surface area contributed by atoms with Crippen molar-refractivity contribution in [1.82, 2.24) is 14.9 Å². The highest BCUT2D eigenvalue weighted by atomic mass is 35.5. The molecule has 7 heteroatoms. The first-order chi connectivity index (χ1) is 16.0. The van der Waals surface area contributed by atoms with Gasteiger partial charge in [-0.2, -0.15) is 0 Å². The molecular formula is C26H28ClN3O3. The van der Waals surface area contributed by atoms with Gasteiger partial charge in [0, 0.05) is 54.8 Å². The Balaban J connectivity index is 1.35. The Kier molecular flexibility index (Phi) is 7.57. The highest BCUT2D eigenvalue weighted by Gasteiger charge is 2.21. The largest absolute Gasteiger partial charge is 0.489 e. The highest BCUT2D eigenvalue weighted by molar-refractivity contribution is 6.30. The van der Waals surface area contributed by atoms with E-state index in [-0.39, 0.29) is 11.9 Å². The topological polar surface area (TPSA) is 64.5 Å². The van der Waals surface area contributed by atoms with Crippen LogP contribution in [0.4, 0.5) is 0 Å². The van der Waals surface area contributed by atoms with Crippen molar-refractivity contribution in [3.63, 3.8) is 0 Å². The molecule has 0 amide bonds. The maximum atomic E-state index is 11.5. The SMILES string of the molecule is COC(=O)CC(C)CN1CCc2nc(-c3ccc(OCc4ccc(Cl)cc4)cc3)ncc2C1. The molecule has 3 aromatic rings. The minimum Gasteiger partial charge on any atom is -0.489 e. The third-order valence-electron chi connectivity index (χ3n) is 5.76. The van der Waals surface area contributed by atoms with Gasteiger partial charge >= 0.3 is 5.97 Å². The van der Waals surface area contributed by atoms with Crippen molar-refractivity contribution in [1.29, 1.82) is 0 Å². The number of benzene rings is 2. The normalized spacial score (nSPS) is 14.4. The lowest BCUT2D eigenvalue weighted by Crippen LogP contribution is -2.35. The van der Waals surface area contributed by atoms with E-state index in [1.807, 2.05) is 54.7 Å². The molecule has 6 nitrogen and oxygen atoms in total. The molecule has 0 aliphatic carbocycles. The predicted octanol–water partition coefficient (Wildman–Crippen LogP) is 4.93. The molecule has 172 valence electrons. The Morgan fingerprint density at radius 2 is 1.91 bits per heavy atom. The third-order valence-corrected chi connectivity index (χ3v) is 6.01. The van der Waals surface area contributed by atoms with Crippen molar-refractivity contribution in [2.45, 2.75) is 32.9 Å². The van der Waals surface area contributed by atoms with Gasteiger partial charge in [-0.3, -0.25) is 9.69 Å². The summed E-state index contributed by atoms with van der Waals surface area (Å²) in [7, 11) is 1.43. The second kappa shape index (κ2) is 10.8. The van der Waals surface area contributed by atoms with Gasteiger partial charge in [0.1, 0.15) is 12.4 Å². The number of aromatic nitrogens is 2. The molecule has 2 aromatic carbocycles. The number of methoxy groups -OCH3 is 1. The molecule has 0 spiro atoms. The third kappa shape index (κ3) is 6.30. The van der Waals surface area contributed by atoms with Crippen LogP contribution >= 0.6 is 11.6 Å². The van der Waals surface area contributed by atoms with Crippen molar-refractivity contribution < 1.29 is 14.3 Å². The number of fused-ring (bicyclic) bond motifs is 1. The fourth-order valence-corrected chi connectivity index (χ4v) is 4.12. The first-order valence-electron chi connectivity index (χ1n) is 11.1. The van der Waals surface area contributed by atoms with Crippen LogP contribution in [0.2, 0.25) is 5.02 Å². The predicted molar refractivity (Wildman–Crippen MR) is 128 cm³/mol. The van der Waals surface area contributed by atoms with Crippen molar-refractivity contribution in [3.8, 4) is 17.1 Å². The minimum atomic E-state index is -0.158. The van der Waals surface area contributed by atoms with Crippen LogP contribution in [-0.4, -0.2) is 41.0 Å². The maximum Gasteiger partial charge on any atom is 0.305 e. The van der Waals surface area contributed by atoms with Gasteiger partial charge in [-0.15, -0.1) is 0 Å². The molecule has 4 rings (SSSR count). The van der Waals surface area contributed by atoms with Gasteiger partial charge in [0.2, 0.25) is 0 Å². The van der Waals surface area contributed by atoms with Gasteiger partial charge in [0.05, 0.1) is 12.8 Å². The summed E-state index contributed by atoms with van der Waals surface area (Å²) in [6.07, 6.45) is 3.24. The van der Waals surface area contributed by atoms with E-state index < -0.39 is 0 Å². The molecule has 1 unspecified atom stereocenters. The van der Waals surface area contributed by atoms with Crippen LogP contribution < -0.4 is 4.74 Å². The minimum absolute atomic E-state index is 0.158. The van der Waals surface area contributed by atoms with E-state index in [2.05, 4.69) is 16.8 Å². The molecule has 2 heterocycles. The Hall–Kier alpha value is -2.96. The summed E-state index contributed by atoms with van der Waals surface area (Å²) in [5.41, 5.74) is 4.28. The molecule has 1 aliphatic rings. The molecule has 0 bridgehead atoms. The zero-order chi connectivity index (χ0) is 23.2. The van der Waals surface area contributed by atoms with Crippen LogP contribution in [0.5, 0.6) is 5.75 Å². The van der Waals surface area contributed by atoms with Crippen molar-refractivity contribution in [2.75, 3.05) is 20.2 Å². The lowest BCUT2D eigenvalue weighted by Gasteiger charge is -2.30. The number of nitrogens with zero attached hydrogens (tertiary/aromatic N) is 3. The molecule has 0 saturated carbocycles. The maximum absolute atomic E-state index is 11.5. The van der Waals surface area contributed by atoms with Crippen molar-refractivity contribution in [2.24, 2.45) is 5.92 Å². The summed E-state index contributed by atoms with van der Waals surface area (Å²) in [5, 5.41) is 0.717. The number of carbonyl (C=O) groups excluding carboxylic acids is 1. The second-order valence-electron chi connectivity index (χ2n) is 8.48. The summed E-state index contributed by atoms with van der Waals surface area (Å²) in [6, 6.07) is 15.5. The molecule has 0 radical (unpaired) electrons. The fourth-order valence-electron chi connectivity index (χ4n) is 3.99. The van der Waals surface area contributed by atoms with Crippen LogP contribution in [0.25, 0.3) is 11.4 Å². The quantitative estimate of drug-likeness (QED) is 0.439. The number of esters is 1. The molecule has 1 aromatic heterocycles. The van der Waals surface area contributed by atoms with E-state index >= 15 is 0 Å². The lowest BCUT2D eigenvalue weighted by atomic mass is 10.0. The molecule has 0 fully saturated rings. The standard InChI is InChI=1S/C26H28ClN3O3/c1-18(13-25(31)32-2)15-30-12-11-24-21(16-30)14-28-26(29-24)20-5-9-23(10-6-20)33-17-19-3-7-22(27)8-4-19/h3-10,14,18H,11-13,15-17H2,1-2H3. The molecular weight excluding hydrogens is 438 g/mol. The monoisotopic (exact) mass is 465 g/mol. The summed E-state index contributed by atoms with van der Waals surface area (Å²) in [5.74, 6) is 1.61. The van der Waals surface area contributed by atoms with Crippen molar-refractivity contribution >= 4 is 17.6 Å². The molecule has 0 saturated heterocycles. The van der Waals surface area contributed by atoms with Crippen LogP contribution in [0.1, 0.15) is 30.2 Å². The van der Waals surface area contributed by atoms with E-state index in [0.717, 1.165) is 60.0 Å². The van der Waals surface area contributed by atoms with Gasteiger partial charge in [-0.05, 0) is 47.9 Å².